The summed E-state index contributed by atoms with van der Waals surface area (Å²) in [5.74, 6) is 0.911. The zero-order valence-corrected chi connectivity index (χ0v) is 11.9. The Kier molecular flexibility index (Phi) is 8.47. The Morgan fingerprint density at radius 2 is 1.71 bits per heavy atom. The van der Waals surface area contributed by atoms with Crippen molar-refractivity contribution in [2.45, 2.75) is 41.8 Å². The average Bonchev–Trinajstić information content (AvgIpc) is 2.02. The van der Waals surface area contributed by atoms with Crippen LogP contribution in [0, 0.1) is 0 Å². The Bertz CT molecular complexity index is 150. The van der Waals surface area contributed by atoms with Crippen LogP contribution in [0.15, 0.2) is 0 Å². The van der Waals surface area contributed by atoms with E-state index in [-0.39, 0.29) is 10.8 Å². The van der Waals surface area contributed by atoms with Crippen molar-refractivity contribution in [3.8, 4) is 0 Å². The number of rotatable bonds is 7. The van der Waals surface area contributed by atoms with E-state index in [9.17, 15) is 0 Å². The van der Waals surface area contributed by atoms with Crippen LogP contribution in [0.3, 0.4) is 0 Å². The van der Waals surface area contributed by atoms with Crippen molar-refractivity contribution in [3.05, 3.63) is 0 Å². The van der Waals surface area contributed by atoms with Crippen LogP contribution < -0.4 is 0 Å². The highest BCUT2D eigenvalue weighted by atomic mass is 35.5. The lowest BCUT2D eigenvalue weighted by Crippen LogP contribution is -2.29. The lowest BCUT2D eigenvalue weighted by molar-refractivity contribution is 0.474. The van der Waals surface area contributed by atoms with E-state index >= 15 is 0 Å². The van der Waals surface area contributed by atoms with Gasteiger partial charge in [0.2, 0.25) is 0 Å². The van der Waals surface area contributed by atoms with Gasteiger partial charge in [-0.25, -0.2) is 0 Å². The van der Waals surface area contributed by atoms with Crippen molar-refractivity contribution in [2.75, 3.05) is 11.8 Å². The molecule has 0 aromatic rings. The third-order valence-electron chi connectivity index (χ3n) is 1.94. The van der Waals surface area contributed by atoms with Crippen LogP contribution in [0.25, 0.3) is 0 Å². The van der Waals surface area contributed by atoms with Crippen LogP contribution in [0.4, 0.5) is 0 Å². The number of hydrogen-bond acceptors (Lipinski definition) is 0. The molecular weight excluding hydrogens is 285 g/mol. The third-order valence-corrected chi connectivity index (χ3v) is 3.62. The molecule has 3 atom stereocenters. The van der Waals surface area contributed by atoms with E-state index in [0.717, 1.165) is 0 Å². The lowest BCUT2D eigenvalue weighted by Gasteiger charge is -2.29. The molecule has 0 saturated heterocycles. The second kappa shape index (κ2) is 7.68. The van der Waals surface area contributed by atoms with Gasteiger partial charge >= 0.3 is 0 Å². The quantitative estimate of drug-likeness (QED) is 0.590. The van der Waals surface area contributed by atoms with Crippen LogP contribution in [0.2, 0.25) is 0 Å². The van der Waals surface area contributed by atoms with Crippen molar-refractivity contribution in [3.63, 3.8) is 0 Å². The van der Waals surface area contributed by atoms with E-state index < -0.39 is 4.87 Å². The summed E-state index contributed by atoms with van der Waals surface area (Å²) in [4.78, 5) is -0.412. The summed E-state index contributed by atoms with van der Waals surface area (Å²) in [6.45, 7) is 1.91. The molecule has 0 fully saturated rings. The molecule has 0 nitrogen and oxygen atoms in total. The van der Waals surface area contributed by atoms with Crippen LogP contribution >= 0.6 is 58.0 Å². The summed E-state index contributed by atoms with van der Waals surface area (Å²) in [6, 6.07) is 0. The van der Waals surface area contributed by atoms with Crippen molar-refractivity contribution in [1.82, 2.24) is 0 Å². The van der Waals surface area contributed by atoms with Gasteiger partial charge in [0.05, 0.1) is 0 Å². The maximum absolute atomic E-state index is 6.40. The molecule has 0 aliphatic carbocycles. The lowest BCUT2D eigenvalue weighted by atomic mass is 9.94. The molecule has 0 spiro atoms. The van der Waals surface area contributed by atoms with Crippen molar-refractivity contribution in [2.24, 2.45) is 0 Å². The first kappa shape index (κ1) is 15.4. The minimum absolute atomic E-state index is 0.0231. The number of halogens is 5. The van der Waals surface area contributed by atoms with Crippen molar-refractivity contribution in [1.29, 1.82) is 0 Å². The first-order valence-electron chi connectivity index (χ1n) is 4.52. The summed E-state index contributed by atoms with van der Waals surface area (Å²) in [5.41, 5.74) is 0. The second-order valence-electron chi connectivity index (χ2n) is 3.53. The van der Waals surface area contributed by atoms with Gasteiger partial charge in [-0.05, 0) is 26.2 Å². The van der Waals surface area contributed by atoms with Crippen LogP contribution in [0.1, 0.15) is 26.2 Å². The molecule has 0 amide bonds. The fraction of sp³-hybridized carbons (Fsp3) is 1.00. The SMILES string of the molecule is CC(Cl)CC(Cl)(CCCl)CC(Cl)CCl. The van der Waals surface area contributed by atoms with Crippen LogP contribution in [0.5, 0.6) is 0 Å². The summed E-state index contributed by atoms with van der Waals surface area (Å²) in [5, 5.41) is -0.0947. The monoisotopic (exact) mass is 298 g/mol. The highest BCUT2D eigenvalue weighted by molar-refractivity contribution is 6.30. The largest absolute Gasteiger partial charge is 0.127 e. The Morgan fingerprint density at radius 1 is 1.14 bits per heavy atom. The van der Waals surface area contributed by atoms with E-state index in [1.165, 1.54) is 0 Å². The van der Waals surface area contributed by atoms with Gasteiger partial charge in [0.25, 0.3) is 0 Å². The molecule has 86 valence electrons. The normalized spacial score (nSPS) is 20.1. The van der Waals surface area contributed by atoms with Crippen molar-refractivity contribution >= 4 is 58.0 Å². The number of alkyl halides is 5. The molecular formula is C9H15Cl5. The van der Waals surface area contributed by atoms with E-state index in [0.29, 0.717) is 31.0 Å². The zero-order chi connectivity index (χ0) is 11.2. The van der Waals surface area contributed by atoms with E-state index in [1.807, 2.05) is 6.92 Å². The van der Waals surface area contributed by atoms with Gasteiger partial charge in [0.15, 0.2) is 0 Å². The maximum atomic E-state index is 6.40. The minimum Gasteiger partial charge on any atom is -0.127 e. The van der Waals surface area contributed by atoms with Gasteiger partial charge in [0, 0.05) is 27.4 Å². The molecule has 0 aromatic heterocycles. The molecule has 0 bridgehead atoms. The molecule has 14 heavy (non-hydrogen) atoms. The van der Waals surface area contributed by atoms with Crippen LogP contribution in [-0.2, 0) is 0 Å². The van der Waals surface area contributed by atoms with Gasteiger partial charge in [-0.1, -0.05) is 0 Å². The molecule has 0 aliphatic rings. The molecule has 0 rings (SSSR count). The molecule has 0 aliphatic heterocycles. The Morgan fingerprint density at radius 3 is 2.07 bits per heavy atom. The molecule has 0 saturated carbocycles. The van der Waals surface area contributed by atoms with E-state index in [2.05, 4.69) is 0 Å². The predicted molar refractivity (Wildman–Crippen MR) is 68.8 cm³/mol. The summed E-state index contributed by atoms with van der Waals surface area (Å²) >= 11 is 29.6. The summed E-state index contributed by atoms with van der Waals surface area (Å²) < 4.78 is 0. The second-order valence-corrected chi connectivity index (χ2v) is 6.38. The van der Waals surface area contributed by atoms with Gasteiger partial charge in [-0.15, -0.1) is 58.0 Å². The highest BCUT2D eigenvalue weighted by Crippen LogP contribution is 2.34. The van der Waals surface area contributed by atoms with E-state index in [4.69, 9.17) is 58.0 Å². The molecule has 0 N–H and O–H groups in total. The Balaban J connectivity index is 4.22. The molecule has 5 heteroatoms. The minimum atomic E-state index is -0.412. The Hall–Kier alpha value is 1.45. The first-order valence-corrected chi connectivity index (χ1v) is 6.84. The smallest absolute Gasteiger partial charge is 0.0488 e. The van der Waals surface area contributed by atoms with E-state index in [1.54, 1.807) is 0 Å². The van der Waals surface area contributed by atoms with Crippen LogP contribution in [-0.4, -0.2) is 27.4 Å². The predicted octanol–water partition coefficient (Wildman–Crippen LogP) is 4.85. The standard InChI is InChI=1S/C9H15Cl5/c1-7(12)4-9(14,2-3-10)5-8(13)6-11/h7-8H,2-6H2,1H3. The van der Waals surface area contributed by atoms with Gasteiger partial charge in [-0.2, -0.15) is 0 Å². The average molecular weight is 300 g/mol. The van der Waals surface area contributed by atoms with Crippen molar-refractivity contribution < 1.29 is 0 Å². The molecule has 3 unspecified atom stereocenters. The topological polar surface area (TPSA) is 0 Å². The summed E-state index contributed by atoms with van der Waals surface area (Å²) in [7, 11) is 0. The molecule has 0 heterocycles. The fourth-order valence-electron chi connectivity index (χ4n) is 1.41. The third kappa shape index (κ3) is 6.85. The van der Waals surface area contributed by atoms with Gasteiger partial charge < -0.3 is 0 Å². The molecule has 0 aromatic carbocycles. The number of hydrogen-bond donors (Lipinski definition) is 0. The fourth-order valence-corrected chi connectivity index (χ4v) is 3.24. The molecule has 0 radical (unpaired) electrons. The highest BCUT2D eigenvalue weighted by Gasteiger charge is 2.30. The zero-order valence-electron chi connectivity index (χ0n) is 8.08. The van der Waals surface area contributed by atoms with Gasteiger partial charge in [-0.3, -0.25) is 0 Å². The maximum Gasteiger partial charge on any atom is 0.0488 e. The van der Waals surface area contributed by atoms with Gasteiger partial charge in [0.1, 0.15) is 0 Å². The Labute approximate surface area is 111 Å². The summed E-state index contributed by atoms with van der Waals surface area (Å²) in [6.07, 6.45) is 2.04. The first-order chi connectivity index (χ1) is 6.43.